The normalized spacial score (nSPS) is 16.4. The third kappa shape index (κ3) is 5.08. The van der Waals surface area contributed by atoms with Crippen molar-refractivity contribution in [3.05, 3.63) is 0 Å². The summed E-state index contributed by atoms with van der Waals surface area (Å²) >= 11 is 1.37. The van der Waals surface area contributed by atoms with Gasteiger partial charge in [0.2, 0.25) is 0 Å². The minimum Gasteiger partial charge on any atom is -0.480 e. The Morgan fingerprint density at radius 1 is 1.64 bits per heavy atom. The predicted molar refractivity (Wildman–Crippen MR) is 59.5 cm³/mol. The minimum atomic E-state index is -1.16. The van der Waals surface area contributed by atoms with Crippen LogP contribution in [0.1, 0.15) is 19.8 Å². The zero-order chi connectivity index (χ0) is 11.2. The first kappa shape index (κ1) is 13.2. The molecule has 0 amide bonds. The summed E-state index contributed by atoms with van der Waals surface area (Å²) in [4.78, 5) is 14.6. The number of carbonyl (C=O) groups is 1. The van der Waals surface area contributed by atoms with Crippen LogP contribution in [0.2, 0.25) is 0 Å². The number of hydrogen-bond acceptors (Lipinski definition) is 4. The van der Waals surface area contributed by atoms with Crippen molar-refractivity contribution in [2.24, 2.45) is 16.5 Å². The van der Waals surface area contributed by atoms with Crippen LogP contribution in [-0.2, 0) is 4.79 Å². The summed E-state index contributed by atoms with van der Waals surface area (Å²) in [6.07, 6.45) is 2.86. The number of hydrogen-bond donors (Lipinski definition) is 3. The van der Waals surface area contributed by atoms with Crippen LogP contribution in [0.3, 0.4) is 0 Å². The first-order valence-electron chi connectivity index (χ1n) is 4.26. The van der Waals surface area contributed by atoms with Crippen LogP contribution >= 0.6 is 11.8 Å². The second-order valence-corrected chi connectivity index (χ2v) is 4.08. The molecular formula is C8H17N3O2S. The number of rotatable bonds is 5. The molecule has 0 radical (unpaired) electrons. The number of amidine groups is 1. The fourth-order valence-electron chi connectivity index (χ4n) is 0.807. The van der Waals surface area contributed by atoms with Crippen molar-refractivity contribution in [2.45, 2.75) is 25.3 Å². The van der Waals surface area contributed by atoms with E-state index in [4.69, 9.17) is 16.6 Å². The molecule has 0 bridgehead atoms. The van der Waals surface area contributed by atoms with Crippen molar-refractivity contribution >= 4 is 22.9 Å². The predicted octanol–water partition coefficient (Wildman–Crippen LogP) is 0.246. The number of aliphatic imine (C=N–C) groups is 1. The molecule has 0 heterocycles. The summed E-state index contributed by atoms with van der Waals surface area (Å²) in [7, 11) is 0. The van der Waals surface area contributed by atoms with Gasteiger partial charge in [0, 0.05) is 6.54 Å². The van der Waals surface area contributed by atoms with Gasteiger partial charge in [-0.3, -0.25) is 9.79 Å². The number of thioether (sulfide) groups is 1. The highest BCUT2D eigenvalue weighted by molar-refractivity contribution is 8.13. The van der Waals surface area contributed by atoms with Gasteiger partial charge in [0.15, 0.2) is 5.17 Å². The molecular weight excluding hydrogens is 202 g/mol. The van der Waals surface area contributed by atoms with Gasteiger partial charge >= 0.3 is 5.97 Å². The van der Waals surface area contributed by atoms with Gasteiger partial charge in [-0.25, -0.2) is 0 Å². The average Bonchev–Trinajstić information content (AvgIpc) is 2.11. The van der Waals surface area contributed by atoms with Crippen LogP contribution in [0.15, 0.2) is 4.99 Å². The molecule has 14 heavy (non-hydrogen) atoms. The second-order valence-electron chi connectivity index (χ2n) is 3.25. The highest BCUT2D eigenvalue weighted by Gasteiger charge is 2.26. The summed E-state index contributed by atoms with van der Waals surface area (Å²) in [6.45, 7) is 2.02. The molecule has 0 saturated heterocycles. The van der Waals surface area contributed by atoms with Crippen LogP contribution in [0.4, 0.5) is 0 Å². The van der Waals surface area contributed by atoms with E-state index in [2.05, 4.69) is 4.99 Å². The van der Waals surface area contributed by atoms with Crippen molar-refractivity contribution < 1.29 is 9.90 Å². The van der Waals surface area contributed by atoms with Gasteiger partial charge in [-0.15, -0.1) is 0 Å². The SMILES string of the molecule is CSC(N)=NCCC[C@](C)(N)C(=O)O. The first-order valence-corrected chi connectivity index (χ1v) is 5.49. The van der Waals surface area contributed by atoms with Crippen LogP contribution < -0.4 is 11.5 Å². The smallest absolute Gasteiger partial charge is 0.323 e. The monoisotopic (exact) mass is 219 g/mol. The van der Waals surface area contributed by atoms with Gasteiger partial charge in [-0.1, -0.05) is 11.8 Å². The lowest BCUT2D eigenvalue weighted by Crippen LogP contribution is -2.44. The molecule has 0 aliphatic rings. The van der Waals surface area contributed by atoms with Crippen molar-refractivity contribution in [3.8, 4) is 0 Å². The molecule has 0 aliphatic heterocycles. The van der Waals surface area contributed by atoms with Crippen LogP contribution in [0.25, 0.3) is 0 Å². The van der Waals surface area contributed by atoms with Crippen LogP contribution in [0, 0.1) is 0 Å². The van der Waals surface area contributed by atoms with Gasteiger partial charge in [0.1, 0.15) is 5.54 Å². The molecule has 82 valence electrons. The minimum absolute atomic E-state index is 0.396. The zero-order valence-electron chi connectivity index (χ0n) is 8.49. The van der Waals surface area contributed by atoms with E-state index in [0.717, 1.165) is 0 Å². The van der Waals surface area contributed by atoms with E-state index in [1.54, 1.807) is 0 Å². The standard InChI is InChI=1S/C8H17N3O2S/c1-8(10,6(12)13)4-3-5-11-7(9)14-2/h3-5,10H2,1-2H3,(H2,9,11)(H,12,13)/t8-/m0/s1. The van der Waals surface area contributed by atoms with E-state index in [1.165, 1.54) is 18.7 Å². The Kier molecular flexibility index (Phi) is 5.56. The Labute approximate surface area is 87.9 Å². The highest BCUT2D eigenvalue weighted by Crippen LogP contribution is 2.09. The Bertz CT molecular complexity index is 229. The summed E-state index contributed by atoms with van der Waals surface area (Å²) in [5.41, 5.74) is 9.81. The molecule has 0 spiro atoms. The molecule has 0 aromatic carbocycles. The molecule has 0 unspecified atom stereocenters. The Morgan fingerprint density at radius 3 is 2.64 bits per heavy atom. The molecule has 6 heteroatoms. The largest absolute Gasteiger partial charge is 0.480 e. The topological polar surface area (TPSA) is 102 Å². The third-order valence-corrected chi connectivity index (χ3v) is 2.37. The lowest BCUT2D eigenvalue weighted by molar-refractivity contribution is -0.142. The number of aliphatic carboxylic acids is 1. The fourth-order valence-corrected chi connectivity index (χ4v) is 1.03. The third-order valence-electron chi connectivity index (χ3n) is 1.82. The van der Waals surface area contributed by atoms with E-state index >= 15 is 0 Å². The lowest BCUT2D eigenvalue weighted by Gasteiger charge is -2.17. The zero-order valence-corrected chi connectivity index (χ0v) is 9.30. The number of carboxylic acid groups (broad SMARTS) is 1. The van der Waals surface area contributed by atoms with Gasteiger partial charge < -0.3 is 16.6 Å². The maximum atomic E-state index is 10.6. The van der Waals surface area contributed by atoms with E-state index in [1.807, 2.05) is 6.26 Å². The van der Waals surface area contributed by atoms with Gasteiger partial charge in [0.25, 0.3) is 0 Å². The van der Waals surface area contributed by atoms with Crippen molar-refractivity contribution in [3.63, 3.8) is 0 Å². The van der Waals surface area contributed by atoms with Crippen molar-refractivity contribution in [1.82, 2.24) is 0 Å². The Balaban J connectivity index is 3.80. The van der Waals surface area contributed by atoms with Crippen molar-refractivity contribution in [2.75, 3.05) is 12.8 Å². The van der Waals surface area contributed by atoms with E-state index in [0.29, 0.717) is 24.6 Å². The molecule has 0 rings (SSSR count). The van der Waals surface area contributed by atoms with E-state index in [-0.39, 0.29) is 0 Å². The van der Waals surface area contributed by atoms with Crippen LogP contribution in [0.5, 0.6) is 0 Å². The summed E-state index contributed by atoms with van der Waals surface area (Å²) in [5, 5.41) is 9.22. The quantitative estimate of drug-likeness (QED) is 0.349. The maximum absolute atomic E-state index is 10.6. The molecule has 0 aromatic heterocycles. The van der Waals surface area contributed by atoms with E-state index < -0.39 is 11.5 Å². The fraction of sp³-hybridized carbons (Fsp3) is 0.750. The summed E-state index contributed by atoms with van der Waals surface area (Å²) in [5.74, 6) is -0.987. The second kappa shape index (κ2) is 5.87. The summed E-state index contributed by atoms with van der Waals surface area (Å²) < 4.78 is 0. The molecule has 0 aliphatic carbocycles. The molecule has 1 atom stereocenters. The van der Waals surface area contributed by atoms with E-state index in [9.17, 15) is 4.79 Å². The molecule has 0 saturated carbocycles. The first-order chi connectivity index (χ1) is 6.40. The number of nitrogens with two attached hydrogens (primary N) is 2. The highest BCUT2D eigenvalue weighted by atomic mass is 32.2. The molecule has 5 N–H and O–H groups in total. The van der Waals surface area contributed by atoms with Crippen LogP contribution in [-0.4, -0.2) is 34.6 Å². The molecule has 0 fully saturated rings. The molecule has 0 aromatic rings. The van der Waals surface area contributed by atoms with Crippen molar-refractivity contribution in [1.29, 1.82) is 0 Å². The van der Waals surface area contributed by atoms with Gasteiger partial charge in [-0.05, 0) is 26.0 Å². The summed E-state index contributed by atoms with van der Waals surface area (Å²) in [6, 6.07) is 0. The van der Waals surface area contributed by atoms with Gasteiger partial charge in [0.05, 0.1) is 0 Å². The molecule has 5 nitrogen and oxygen atoms in total. The Hall–Kier alpha value is -0.750. The maximum Gasteiger partial charge on any atom is 0.323 e. The number of nitrogens with zero attached hydrogens (tertiary/aromatic N) is 1. The van der Waals surface area contributed by atoms with Gasteiger partial charge in [-0.2, -0.15) is 0 Å². The number of carboxylic acids is 1. The Morgan fingerprint density at radius 2 is 2.21 bits per heavy atom. The lowest BCUT2D eigenvalue weighted by atomic mass is 9.98. The average molecular weight is 219 g/mol.